The summed E-state index contributed by atoms with van der Waals surface area (Å²) >= 11 is 0. The molecule has 3 heterocycles. The van der Waals surface area contributed by atoms with E-state index in [1.807, 2.05) is 33.8 Å². The fourth-order valence-corrected chi connectivity index (χ4v) is 11.5. The number of aromatic nitrogens is 5. The standard InChI is InChI=1S/C35H43FN6OSi/c1-24-22-29-32(37-20-21-41(29)39-24)38-33-30(36)31(40-42(33)34(2,3)4)25-18-19-26(23-25)43-44(35(5,6)7,27-14-10-8-11-15-27)28-16-12-9-13-17-28/h8-17,20-22,25-26H,18-19,23H2,1-7H3,(H,37,38)/t25-,26+/m0/s1. The SMILES string of the molecule is Cc1cc2c(Nc3c(F)c([C@H]4CC[C@@H](O[Si](c5ccccc5)(c5ccccc5)C(C)(C)C)C4)nn3C(C)(C)C)nccn2n1. The summed E-state index contributed by atoms with van der Waals surface area (Å²) in [7, 11) is -2.72. The number of hydrogen-bond donors (Lipinski definition) is 1. The second kappa shape index (κ2) is 11.3. The van der Waals surface area contributed by atoms with Crippen molar-refractivity contribution in [3.63, 3.8) is 0 Å². The third-order valence-electron chi connectivity index (χ3n) is 8.77. The van der Waals surface area contributed by atoms with Crippen LogP contribution in [0, 0.1) is 12.7 Å². The highest BCUT2D eigenvalue weighted by atomic mass is 28.4. The molecule has 0 saturated heterocycles. The first-order valence-corrected chi connectivity index (χ1v) is 17.4. The van der Waals surface area contributed by atoms with Crippen molar-refractivity contribution in [2.75, 3.05) is 5.32 Å². The van der Waals surface area contributed by atoms with Gasteiger partial charge in [0.05, 0.1) is 11.2 Å². The lowest BCUT2D eigenvalue weighted by Crippen LogP contribution is -2.67. The summed E-state index contributed by atoms with van der Waals surface area (Å²) in [6, 6.07) is 23.4. The van der Waals surface area contributed by atoms with Crippen molar-refractivity contribution < 1.29 is 8.82 Å². The molecule has 1 saturated carbocycles. The Morgan fingerprint density at radius 2 is 1.55 bits per heavy atom. The van der Waals surface area contributed by atoms with E-state index in [1.165, 1.54) is 10.4 Å². The van der Waals surface area contributed by atoms with Crippen molar-refractivity contribution in [2.24, 2.45) is 0 Å². The molecule has 0 spiro atoms. The van der Waals surface area contributed by atoms with Gasteiger partial charge in [0.15, 0.2) is 17.5 Å². The number of hydrogen-bond acceptors (Lipinski definition) is 5. The Bertz CT molecular complexity index is 1710. The van der Waals surface area contributed by atoms with Crippen molar-refractivity contribution >= 4 is 35.8 Å². The van der Waals surface area contributed by atoms with E-state index in [9.17, 15) is 0 Å². The topological polar surface area (TPSA) is 69.3 Å². The number of benzene rings is 2. The van der Waals surface area contributed by atoms with Crippen LogP contribution in [0.4, 0.5) is 16.0 Å². The highest BCUT2D eigenvalue weighted by Crippen LogP contribution is 2.44. The molecule has 1 fully saturated rings. The molecule has 1 aliphatic rings. The molecule has 5 aromatic rings. The minimum atomic E-state index is -2.72. The third kappa shape index (κ3) is 5.36. The van der Waals surface area contributed by atoms with Crippen LogP contribution in [0.1, 0.15) is 78.1 Å². The maximum atomic E-state index is 16.5. The lowest BCUT2D eigenvalue weighted by Gasteiger charge is -2.44. The molecule has 0 radical (unpaired) electrons. The van der Waals surface area contributed by atoms with Gasteiger partial charge in [-0.1, -0.05) is 81.4 Å². The molecule has 44 heavy (non-hydrogen) atoms. The summed E-state index contributed by atoms with van der Waals surface area (Å²) in [5.74, 6) is 0.492. The van der Waals surface area contributed by atoms with Crippen LogP contribution >= 0.6 is 0 Å². The lowest BCUT2D eigenvalue weighted by atomic mass is 10.0. The van der Waals surface area contributed by atoms with Crippen LogP contribution < -0.4 is 15.7 Å². The fourth-order valence-electron chi connectivity index (χ4n) is 6.76. The average Bonchev–Trinajstić information content (AvgIpc) is 3.69. The van der Waals surface area contributed by atoms with Crippen LogP contribution in [0.25, 0.3) is 5.52 Å². The number of anilines is 2. The molecule has 2 atom stereocenters. The maximum absolute atomic E-state index is 16.5. The summed E-state index contributed by atoms with van der Waals surface area (Å²) in [4.78, 5) is 4.52. The van der Waals surface area contributed by atoms with E-state index in [2.05, 4.69) is 96.8 Å². The first-order chi connectivity index (χ1) is 20.9. The summed E-state index contributed by atoms with van der Waals surface area (Å²) < 4.78 is 27.5. The molecule has 1 aliphatic carbocycles. The van der Waals surface area contributed by atoms with Crippen LogP contribution in [0.2, 0.25) is 5.04 Å². The molecule has 2 aromatic carbocycles. The van der Waals surface area contributed by atoms with Gasteiger partial charge in [0.1, 0.15) is 11.2 Å². The Hall–Kier alpha value is -3.82. The van der Waals surface area contributed by atoms with Gasteiger partial charge in [-0.25, -0.2) is 18.6 Å². The van der Waals surface area contributed by atoms with Gasteiger partial charge in [-0.05, 0) is 68.4 Å². The van der Waals surface area contributed by atoms with Crippen LogP contribution in [-0.4, -0.2) is 38.8 Å². The molecule has 0 aliphatic heterocycles. The number of halogens is 1. The van der Waals surface area contributed by atoms with E-state index < -0.39 is 13.9 Å². The molecule has 9 heteroatoms. The Morgan fingerprint density at radius 1 is 0.909 bits per heavy atom. The fraction of sp³-hybridized carbons (Fsp3) is 0.400. The highest BCUT2D eigenvalue weighted by molar-refractivity contribution is 6.99. The summed E-state index contributed by atoms with van der Waals surface area (Å²) in [5, 5.41) is 15.1. The molecule has 6 rings (SSSR count). The molecule has 0 bridgehead atoms. The van der Waals surface area contributed by atoms with E-state index in [4.69, 9.17) is 9.52 Å². The van der Waals surface area contributed by atoms with Crippen LogP contribution in [0.5, 0.6) is 0 Å². The van der Waals surface area contributed by atoms with Gasteiger partial charge in [0.2, 0.25) is 0 Å². The van der Waals surface area contributed by atoms with E-state index in [1.54, 1.807) is 21.6 Å². The molecular weight excluding hydrogens is 568 g/mol. The van der Waals surface area contributed by atoms with E-state index >= 15 is 4.39 Å². The molecule has 1 N–H and O–H groups in total. The minimum absolute atomic E-state index is 0.00733. The normalized spacial score (nSPS) is 17.8. The Balaban J connectivity index is 1.34. The number of nitrogens with one attached hydrogen (secondary N) is 1. The van der Waals surface area contributed by atoms with E-state index in [-0.39, 0.29) is 22.9 Å². The lowest BCUT2D eigenvalue weighted by molar-refractivity contribution is 0.193. The number of aryl methyl sites for hydroxylation is 1. The highest BCUT2D eigenvalue weighted by Gasteiger charge is 2.52. The molecule has 230 valence electrons. The van der Waals surface area contributed by atoms with Crippen LogP contribution in [0.3, 0.4) is 0 Å². The van der Waals surface area contributed by atoms with Gasteiger partial charge in [-0.15, -0.1) is 0 Å². The van der Waals surface area contributed by atoms with Gasteiger partial charge in [-0.3, -0.25) is 0 Å². The first kappa shape index (κ1) is 30.2. The van der Waals surface area contributed by atoms with E-state index in [0.29, 0.717) is 17.3 Å². The van der Waals surface area contributed by atoms with Gasteiger partial charge in [0, 0.05) is 24.4 Å². The number of rotatable bonds is 7. The quantitative estimate of drug-likeness (QED) is 0.199. The second-order valence-electron chi connectivity index (χ2n) is 14.1. The average molecular weight is 611 g/mol. The maximum Gasteiger partial charge on any atom is 0.261 e. The zero-order chi connectivity index (χ0) is 31.3. The summed E-state index contributed by atoms with van der Waals surface area (Å²) in [6.07, 6.45) is 5.85. The molecule has 7 nitrogen and oxygen atoms in total. The van der Waals surface area contributed by atoms with Crippen molar-refractivity contribution in [1.82, 2.24) is 24.4 Å². The van der Waals surface area contributed by atoms with Crippen molar-refractivity contribution in [3.05, 3.63) is 96.3 Å². The Morgan fingerprint density at radius 3 is 2.14 bits per heavy atom. The van der Waals surface area contributed by atoms with Crippen molar-refractivity contribution in [2.45, 2.75) is 90.3 Å². The zero-order valence-corrected chi connectivity index (χ0v) is 27.8. The zero-order valence-electron chi connectivity index (χ0n) is 26.8. The van der Waals surface area contributed by atoms with Gasteiger partial charge < -0.3 is 9.74 Å². The van der Waals surface area contributed by atoms with Crippen LogP contribution in [-0.2, 0) is 9.96 Å². The van der Waals surface area contributed by atoms with Gasteiger partial charge >= 0.3 is 0 Å². The third-order valence-corrected chi connectivity index (χ3v) is 13.9. The van der Waals surface area contributed by atoms with Crippen molar-refractivity contribution in [3.8, 4) is 0 Å². The number of fused-ring (bicyclic) bond motifs is 1. The Kier molecular flexibility index (Phi) is 7.74. The van der Waals surface area contributed by atoms with E-state index in [0.717, 1.165) is 30.5 Å². The summed E-state index contributed by atoms with van der Waals surface area (Å²) in [6.45, 7) is 14.9. The minimum Gasteiger partial charge on any atom is -0.404 e. The monoisotopic (exact) mass is 610 g/mol. The Labute approximate surface area is 260 Å². The van der Waals surface area contributed by atoms with Gasteiger partial charge in [0.25, 0.3) is 8.32 Å². The van der Waals surface area contributed by atoms with Gasteiger partial charge in [-0.2, -0.15) is 10.2 Å². The van der Waals surface area contributed by atoms with Crippen molar-refractivity contribution in [1.29, 1.82) is 0 Å². The molecular formula is C35H43FN6OSi. The largest absolute Gasteiger partial charge is 0.404 e. The predicted octanol–water partition coefficient (Wildman–Crippen LogP) is 7.08. The predicted molar refractivity (Wildman–Crippen MR) is 177 cm³/mol. The van der Waals surface area contributed by atoms with Crippen LogP contribution in [0.15, 0.2) is 79.1 Å². The first-order valence-electron chi connectivity index (χ1n) is 15.5. The molecule has 3 aromatic heterocycles. The molecule has 0 amide bonds. The summed E-state index contributed by atoms with van der Waals surface area (Å²) in [5.41, 5.74) is 1.69. The second-order valence-corrected chi connectivity index (χ2v) is 18.3. The smallest absolute Gasteiger partial charge is 0.261 e. The molecule has 0 unspecified atom stereocenters. The number of nitrogens with zero attached hydrogens (tertiary/aromatic N) is 5.